The molecule has 3 heterocycles. The first kappa shape index (κ1) is 17.2. The maximum atomic E-state index is 12.4. The number of aromatic nitrogens is 3. The molecule has 0 saturated carbocycles. The zero-order valence-electron chi connectivity index (χ0n) is 15.5. The van der Waals surface area contributed by atoms with Crippen molar-refractivity contribution in [1.29, 1.82) is 0 Å². The Morgan fingerprint density at radius 2 is 1.79 bits per heavy atom. The molecule has 2 aromatic heterocycles. The average molecular weight is 386 g/mol. The molecule has 0 radical (unpaired) electrons. The molecule has 1 amide bonds. The molecular formula is C22H18N4O3. The lowest BCUT2D eigenvalue weighted by molar-refractivity contribution is -0.115. The van der Waals surface area contributed by atoms with E-state index in [1.807, 2.05) is 54.7 Å². The Bertz CT molecular complexity index is 1180. The third kappa shape index (κ3) is 3.62. The highest BCUT2D eigenvalue weighted by molar-refractivity contribution is 5.92. The fourth-order valence-electron chi connectivity index (χ4n) is 3.32. The molecule has 7 heteroatoms. The maximum absolute atomic E-state index is 12.4. The number of carbonyl (C=O) groups is 1. The highest BCUT2D eigenvalue weighted by atomic mass is 16.6. The number of rotatable bonds is 4. The van der Waals surface area contributed by atoms with E-state index in [0.717, 1.165) is 22.3 Å². The lowest BCUT2D eigenvalue weighted by atomic mass is 10.0. The molecule has 144 valence electrons. The van der Waals surface area contributed by atoms with Crippen LogP contribution in [0.1, 0.15) is 5.56 Å². The van der Waals surface area contributed by atoms with Crippen LogP contribution in [-0.2, 0) is 11.2 Å². The van der Waals surface area contributed by atoms with Crippen LogP contribution in [-0.4, -0.2) is 33.7 Å². The van der Waals surface area contributed by atoms with Crippen LogP contribution in [0.2, 0.25) is 0 Å². The SMILES string of the molecule is O=C(Cc1ccc(-c2ccn3ncnc3c2)cc1)Nc1ccc2c(c1)OCCO2. The molecule has 2 aromatic carbocycles. The van der Waals surface area contributed by atoms with Gasteiger partial charge in [-0.1, -0.05) is 24.3 Å². The van der Waals surface area contributed by atoms with Gasteiger partial charge in [-0.3, -0.25) is 4.79 Å². The van der Waals surface area contributed by atoms with E-state index in [9.17, 15) is 4.79 Å². The Kier molecular flexibility index (Phi) is 4.32. The van der Waals surface area contributed by atoms with Gasteiger partial charge in [0, 0.05) is 18.0 Å². The van der Waals surface area contributed by atoms with Crippen LogP contribution in [0.25, 0.3) is 16.8 Å². The van der Waals surface area contributed by atoms with Gasteiger partial charge in [-0.05, 0) is 41.0 Å². The highest BCUT2D eigenvalue weighted by Crippen LogP contribution is 2.32. The average Bonchev–Trinajstić information content (AvgIpc) is 3.22. The van der Waals surface area contributed by atoms with E-state index in [0.29, 0.717) is 30.4 Å². The first-order valence-corrected chi connectivity index (χ1v) is 9.33. The van der Waals surface area contributed by atoms with Gasteiger partial charge in [0.1, 0.15) is 19.5 Å². The monoisotopic (exact) mass is 386 g/mol. The molecule has 0 fully saturated rings. The second-order valence-electron chi connectivity index (χ2n) is 6.76. The zero-order valence-corrected chi connectivity index (χ0v) is 15.5. The van der Waals surface area contributed by atoms with Crippen molar-refractivity contribution in [2.75, 3.05) is 18.5 Å². The van der Waals surface area contributed by atoms with Crippen LogP contribution in [0.3, 0.4) is 0 Å². The molecule has 0 atom stereocenters. The molecule has 0 aliphatic carbocycles. The predicted octanol–water partition coefficient (Wildman–Crippen LogP) is 3.35. The fraction of sp³-hybridized carbons (Fsp3) is 0.136. The van der Waals surface area contributed by atoms with Gasteiger partial charge in [-0.25, -0.2) is 9.50 Å². The van der Waals surface area contributed by atoms with E-state index < -0.39 is 0 Å². The number of nitrogens with zero attached hydrogens (tertiary/aromatic N) is 3. The van der Waals surface area contributed by atoms with E-state index >= 15 is 0 Å². The van der Waals surface area contributed by atoms with Crippen LogP contribution < -0.4 is 14.8 Å². The largest absolute Gasteiger partial charge is 0.486 e. The molecule has 1 N–H and O–H groups in total. The molecule has 29 heavy (non-hydrogen) atoms. The topological polar surface area (TPSA) is 77.8 Å². The molecular weight excluding hydrogens is 368 g/mol. The van der Waals surface area contributed by atoms with Crippen molar-refractivity contribution < 1.29 is 14.3 Å². The first-order valence-electron chi connectivity index (χ1n) is 9.33. The van der Waals surface area contributed by atoms with Crippen LogP contribution >= 0.6 is 0 Å². The van der Waals surface area contributed by atoms with Crippen molar-refractivity contribution in [2.24, 2.45) is 0 Å². The number of carbonyl (C=O) groups excluding carboxylic acids is 1. The number of fused-ring (bicyclic) bond motifs is 2. The minimum Gasteiger partial charge on any atom is -0.486 e. The summed E-state index contributed by atoms with van der Waals surface area (Å²) in [6.07, 6.45) is 3.70. The summed E-state index contributed by atoms with van der Waals surface area (Å²) in [7, 11) is 0. The van der Waals surface area contributed by atoms with E-state index in [2.05, 4.69) is 15.4 Å². The van der Waals surface area contributed by atoms with Crippen LogP contribution in [0.15, 0.2) is 67.1 Å². The quantitative estimate of drug-likeness (QED) is 0.582. The van der Waals surface area contributed by atoms with Crippen molar-refractivity contribution in [2.45, 2.75) is 6.42 Å². The number of anilines is 1. The second-order valence-corrected chi connectivity index (χ2v) is 6.76. The number of hydrogen-bond acceptors (Lipinski definition) is 5. The molecule has 0 saturated heterocycles. The summed E-state index contributed by atoms with van der Waals surface area (Å²) in [5.74, 6) is 1.27. The van der Waals surface area contributed by atoms with Crippen molar-refractivity contribution in [3.8, 4) is 22.6 Å². The van der Waals surface area contributed by atoms with Crippen molar-refractivity contribution >= 4 is 17.2 Å². The molecule has 1 aliphatic rings. The van der Waals surface area contributed by atoms with Gasteiger partial charge >= 0.3 is 0 Å². The van der Waals surface area contributed by atoms with Gasteiger partial charge in [0.05, 0.1) is 6.42 Å². The normalized spacial score (nSPS) is 12.7. The number of benzene rings is 2. The van der Waals surface area contributed by atoms with Crippen LogP contribution in [0, 0.1) is 0 Å². The third-order valence-electron chi connectivity index (χ3n) is 4.76. The minimum atomic E-state index is -0.0840. The summed E-state index contributed by atoms with van der Waals surface area (Å²) in [6, 6.07) is 17.3. The number of ether oxygens (including phenoxy) is 2. The summed E-state index contributed by atoms with van der Waals surface area (Å²) in [5, 5.41) is 7.02. The standard InChI is InChI=1S/C22H18N4O3/c27-22(25-18-5-6-19-20(13-18)29-10-9-28-19)11-15-1-3-16(4-2-15)17-7-8-26-21(12-17)23-14-24-26/h1-8,12-14H,9-11H2,(H,25,27). The molecule has 5 rings (SSSR count). The Morgan fingerprint density at radius 3 is 2.66 bits per heavy atom. The van der Waals surface area contributed by atoms with E-state index in [1.54, 1.807) is 10.6 Å². The minimum absolute atomic E-state index is 0.0840. The van der Waals surface area contributed by atoms with Crippen LogP contribution in [0.5, 0.6) is 11.5 Å². The fourth-order valence-corrected chi connectivity index (χ4v) is 3.32. The van der Waals surface area contributed by atoms with Gasteiger partial charge in [0.25, 0.3) is 0 Å². The van der Waals surface area contributed by atoms with Crippen LogP contribution in [0.4, 0.5) is 5.69 Å². The predicted molar refractivity (Wildman–Crippen MR) is 108 cm³/mol. The lowest BCUT2D eigenvalue weighted by Gasteiger charge is -2.19. The second kappa shape index (κ2) is 7.27. The highest BCUT2D eigenvalue weighted by Gasteiger charge is 2.13. The van der Waals surface area contributed by atoms with Gasteiger partial charge in [-0.15, -0.1) is 0 Å². The van der Waals surface area contributed by atoms with Gasteiger partial charge in [0.15, 0.2) is 17.1 Å². The number of amides is 1. The lowest BCUT2D eigenvalue weighted by Crippen LogP contribution is -2.17. The molecule has 4 aromatic rings. The Morgan fingerprint density at radius 1 is 0.966 bits per heavy atom. The molecule has 0 spiro atoms. The van der Waals surface area contributed by atoms with Gasteiger partial charge < -0.3 is 14.8 Å². The number of hydrogen-bond donors (Lipinski definition) is 1. The Balaban J connectivity index is 1.26. The summed E-state index contributed by atoms with van der Waals surface area (Å²) < 4.78 is 12.8. The van der Waals surface area contributed by atoms with Gasteiger partial charge in [-0.2, -0.15) is 5.10 Å². The Labute approximate surface area is 166 Å². The number of pyridine rings is 1. The summed E-state index contributed by atoms with van der Waals surface area (Å²) >= 11 is 0. The molecule has 0 unspecified atom stereocenters. The maximum Gasteiger partial charge on any atom is 0.228 e. The summed E-state index contributed by atoms with van der Waals surface area (Å²) in [4.78, 5) is 16.6. The van der Waals surface area contributed by atoms with Crippen molar-refractivity contribution in [3.63, 3.8) is 0 Å². The van der Waals surface area contributed by atoms with E-state index in [-0.39, 0.29) is 12.3 Å². The smallest absolute Gasteiger partial charge is 0.228 e. The summed E-state index contributed by atoms with van der Waals surface area (Å²) in [5.41, 5.74) is 4.54. The van der Waals surface area contributed by atoms with Gasteiger partial charge in [0.2, 0.25) is 5.91 Å². The van der Waals surface area contributed by atoms with E-state index in [1.165, 1.54) is 6.33 Å². The van der Waals surface area contributed by atoms with Crippen molar-refractivity contribution in [3.05, 3.63) is 72.7 Å². The molecule has 7 nitrogen and oxygen atoms in total. The van der Waals surface area contributed by atoms with Crippen molar-refractivity contribution in [1.82, 2.24) is 14.6 Å². The third-order valence-corrected chi connectivity index (χ3v) is 4.76. The zero-order chi connectivity index (χ0) is 19.6. The number of nitrogens with one attached hydrogen (secondary N) is 1. The first-order chi connectivity index (χ1) is 14.2. The molecule has 1 aliphatic heterocycles. The molecule has 0 bridgehead atoms. The Hall–Kier alpha value is -3.87. The summed E-state index contributed by atoms with van der Waals surface area (Å²) in [6.45, 7) is 1.06. The van der Waals surface area contributed by atoms with E-state index in [4.69, 9.17) is 9.47 Å².